The Bertz CT molecular complexity index is 531. The maximum absolute atomic E-state index is 5.85. The van der Waals surface area contributed by atoms with Crippen LogP contribution < -0.4 is 10.5 Å². The lowest BCUT2D eigenvalue weighted by Crippen LogP contribution is -1.97. The van der Waals surface area contributed by atoms with Gasteiger partial charge in [0.25, 0.3) is 0 Å². The van der Waals surface area contributed by atoms with E-state index in [9.17, 15) is 0 Å². The molecule has 0 bridgehead atoms. The van der Waals surface area contributed by atoms with Gasteiger partial charge < -0.3 is 10.5 Å². The Morgan fingerprint density at radius 1 is 1.18 bits per heavy atom. The molecule has 0 heterocycles. The Kier molecular flexibility index (Phi) is 3.92. The zero-order valence-electron chi connectivity index (χ0n) is 8.99. The Balaban J connectivity index is 2.08. The van der Waals surface area contributed by atoms with Crippen molar-refractivity contribution in [3.05, 3.63) is 57.5 Å². The number of benzene rings is 2. The highest BCUT2D eigenvalue weighted by Gasteiger charge is 2.02. The van der Waals surface area contributed by atoms with Gasteiger partial charge >= 0.3 is 0 Å². The largest absolute Gasteiger partial charge is 0.488 e. The number of hydrogen-bond donors (Lipinski definition) is 1. The molecule has 0 saturated heterocycles. The average molecular weight is 313 g/mol. The third-order valence-corrected chi connectivity index (χ3v) is 3.29. The first kappa shape index (κ1) is 12.3. The van der Waals surface area contributed by atoms with Gasteiger partial charge in [-0.25, -0.2) is 0 Å². The maximum atomic E-state index is 5.85. The van der Waals surface area contributed by atoms with Gasteiger partial charge in [-0.05, 0) is 45.8 Å². The van der Waals surface area contributed by atoms with E-state index in [-0.39, 0.29) is 0 Å². The number of ether oxygens (including phenoxy) is 1. The van der Waals surface area contributed by atoms with Crippen molar-refractivity contribution in [2.75, 3.05) is 5.73 Å². The molecule has 17 heavy (non-hydrogen) atoms. The molecular weight excluding hydrogens is 302 g/mol. The van der Waals surface area contributed by atoms with Crippen molar-refractivity contribution in [1.82, 2.24) is 0 Å². The molecule has 2 N–H and O–H groups in total. The topological polar surface area (TPSA) is 35.2 Å². The van der Waals surface area contributed by atoms with Crippen LogP contribution in [0.3, 0.4) is 0 Å². The van der Waals surface area contributed by atoms with Crippen molar-refractivity contribution in [2.24, 2.45) is 0 Å². The SMILES string of the molecule is Nc1cc(COc2ccccc2Br)ccc1Cl. The third kappa shape index (κ3) is 3.14. The first-order valence-corrected chi connectivity index (χ1v) is 6.25. The van der Waals surface area contributed by atoms with E-state index >= 15 is 0 Å². The number of halogens is 2. The van der Waals surface area contributed by atoms with Crippen LogP contribution in [0.4, 0.5) is 5.69 Å². The second kappa shape index (κ2) is 5.43. The molecule has 0 spiro atoms. The molecule has 2 aromatic rings. The lowest BCUT2D eigenvalue weighted by molar-refractivity contribution is 0.304. The summed E-state index contributed by atoms with van der Waals surface area (Å²) in [6, 6.07) is 13.2. The molecule has 0 aromatic heterocycles. The summed E-state index contributed by atoms with van der Waals surface area (Å²) >= 11 is 9.27. The second-order valence-corrected chi connectivity index (χ2v) is 4.84. The minimum Gasteiger partial charge on any atom is -0.488 e. The van der Waals surface area contributed by atoms with E-state index in [2.05, 4.69) is 15.9 Å². The predicted molar refractivity (Wildman–Crippen MR) is 74.3 cm³/mol. The summed E-state index contributed by atoms with van der Waals surface area (Å²) in [4.78, 5) is 0. The predicted octanol–water partition coefficient (Wildman–Crippen LogP) is 4.26. The molecule has 0 fully saturated rings. The summed E-state index contributed by atoms with van der Waals surface area (Å²) in [6.07, 6.45) is 0. The van der Waals surface area contributed by atoms with Crippen LogP contribution in [0.2, 0.25) is 5.02 Å². The van der Waals surface area contributed by atoms with Crippen LogP contribution in [0.5, 0.6) is 5.75 Å². The molecule has 0 amide bonds. The lowest BCUT2D eigenvalue weighted by Gasteiger charge is -2.08. The van der Waals surface area contributed by atoms with Gasteiger partial charge in [0.1, 0.15) is 12.4 Å². The van der Waals surface area contributed by atoms with Gasteiger partial charge in [0.05, 0.1) is 15.2 Å². The number of anilines is 1. The van der Waals surface area contributed by atoms with E-state index < -0.39 is 0 Å². The molecule has 2 aromatic carbocycles. The maximum Gasteiger partial charge on any atom is 0.133 e. The second-order valence-electron chi connectivity index (χ2n) is 3.57. The zero-order chi connectivity index (χ0) is 12.3. The van der Waals surface area contributed by atoms with Crippen molar-refractivity contribution < 1.29 is 4.74 Å². The van der Waals surface area contributed by atoms with Crippen molar-refractivity contribution in [3.63, 3.8) is 0 Å². The Morgan fingerprint density at radius 2 is 1.94 bits per heavy atom. The Hall–Kier alpha value is -1.19. The van der Waals surface area contributed by atoms with Gasteiger partial charge in [-0.1, -0.05) is 29.8 Å². The summed E-state index contributed by atoms with van der Waals surface area (Å²) in [5.74, 6) is 0.807. The monoisotopic (exact) mass is 311 g/mol. The smallest absolute Gasteiger partial charge is 0.133 e. The zero-order valence-corrected chi connectivity index (χ0v) is 11.3. The van der Waals surface area contributed by atoms with Crippen molar-refractivity contribution in [3.8, 4) is 5.75 Å². The fraction of sp³-hybridized carbons (Fsp3) is 0.0769. The van der Waals surface area contributed by atoms with Gasteiger partial charge in [0.2, 0.25) is 0 Å². The molecule has 0 unspecified atom stereocenters. The summed E-state index contributed by atoms with van der Waals surface area (Å²) in [6.45, 7) is 0.462. The number of para-hydroxylation sites is 1. The molecule has 0 aliphatic rings. The van der Waals surface area contributed by atoms with Gasteiger partial charge in [-0.3, -0.25) is 0 Å². The summed E-state index contributed by atoms with van der Waals surface area (Å²) in [7, 11) is 0. The summed E-state index contributed by atoms with van der Waals surface area (Å²) < 4.78 is 6.60. The number of rotatable bonds is 3. The molecule has 0 atom stereocenters. The fourth-order valence-electron chi connectivity index (χ4n) is 1.41. The minimum absolute atomic E-state index is 0.462. The van der Waals surface area contributed by atoms with Crippen LogP contribution in [0.1, 0.15) is 5.56 Å². The lowest BCUT2D eigenvalue weighted by atomic mass is 10.2. The fourth-order valence-corrected chi connectivity index (χ4v) is 1.92. The van der Waals surface area contributed by atoms with Crippen LogP contribution in [-0.2, 0) is 6.61 Å². The Morgan fingerprint density at radius 3 is 2.65 bits per heavy atom. The summed E-state index contributed by atoms with van der Waals surface area (Å²) in [5, 5.41) is 0.564. The van der Waals surface area contributed by atoms with Crippen molar-refractivity contribution in [2.45, 2.75) is 6.61 Å². The number of hydrogen-bond acceptors (Lipinski definition) is 2. The first-order valence-electron chi connectivity index (χ1n) is 5.08. The molecule has 0 saturated carbocycles. The normalized spacial score (nSPS) is 10.2. The molecule has 88 valence electrons. The van der Waals surface area contributed by atoms with Gasteiger partial charge in [0, 0.05) is 0 Å². The molecule has 0 aliphatic heterocycles. The first-order chi connectivity index (χ1) is 8.16. The van der Waals surface area contributed by atoms with Gasteiger partial charge in [-0.15, -0.1) is 0 Å². The van der Waals surface area contributed by atoms with Gasteiger partial charge in [-0.2, -0.15) is 0 Å². The molecule has 4 heteroatoms. The highest BCUT2D eigenvalue weighted by molar-refractivity contribution is 9.10. The standard InChI is InChI=1S/C13H11BrClNO/c14-10-3-1-2-4-13(10)17-8-9-5-6-11(15)12(16)7-9/h1-7H,8,16H2. The van der Waals surface area contributed by atoms with Crippen molar-refractivity contribution in [1.29, 1.82) is 0 Å². The molecule has 2 nitrogen and oxygen atoms in total. The van der Waals surface area contributed by atoms with E-state index in [1.54, 1.807) is 6.07 Å². The van der Waals surface area contributed by atoms with Crippen LogP contribution in [0.15, 0.2) is 46.9 Å². The van der Waals surface area contributed by atoms with E-state index in [1.165, 1.54) is 0 Å². The molecular formula is C13H11BrClNO. The molecule has 0 radical (unpaired) electrons. The van der Waals surface area contributed by atoms with Crippen molar-refractivity contribution >= 4 is 33.2 Å². The van der Waals surface area contributed by atoms with Gasteiger partial charge in [0.15, 0.2) is 0 Å². The van der Waals surface area contributed by atoms with Crippen LogP contribution in [0.25, 0.3) is 0 Å². The van der Waals surface area contributed by atoms with E-state index in [4.69, 9.17) is 22.1 Å². The number of nitrogens with two attached hydrogens (primary N) is 1. The Labute approximate surface area is 113 Å². The van der Waals surface area contributed by atoms with E-state index in [1.807, 2.05) is 36.4 Å². The molecule has 2 rings (SSSR count). The number of nitrogen functional groups attached to an aromatic ring is 1. The van der Waals surface area contributed by atoms with Crippen LogP contribution in [0, 0.1) is 0 Å². The van der Waals surface area contributed by atoms with E-state index in [0.29, 0.717) is 17.3 Å². The highest BCUT2D eigenvalue weighted by atomic mass is 79.9. The quantitative estimate of drug-likeness (QED) is 0.859. The highest BCUT2D eigenvalue weighted by Crippen LogP contribution is 2.25. The van der Waals surface area contributed by atoms with E-state index in [0.717, 1.165) is 15.8 Å². The molecule has 0 aliphatic carbocycles. The van der Waals surface area contributed by atoms with Crippen LogP contribution >= 0.6 is 27.5 Å². The summed E-state index contributed by atoms with van der Waals surface area (Å²) in [5.41, 5.74) is 7.28. The van der Waals surface area contributed by atoms with Crippen LogP contribution in [-0.4, -0.2) is 0 Å². The average Bonchev–Trinajstić information content (AvgIpc) is 2.32. The third-order valence-electron chi connectivity index (χ3n) is 2.29. The minimum atomic E-state index is 0.462.